The summed E-state index contributed by atoms with van der Waals surface area (Å²) in [6.45, 7) is 0.156. The van der Waals surface area contributed by atoms with E-state index in [0.29, 0.717) is 16.6 Å². The number of carboxylic acids is 1. The second kappa shape index (κ2) is 5.02. The molecular formula is C14H11ClN2O3. The van der Waals surface area contributed by atoms with Crippen molar-refractivity contribution in [2.75, 3.05) is 11.4 Å². The number of fused-ring (bicyclic) bond motifs is 1. The fourth-order valence-corrected chi connectivity index (χ4v) is 2.36. The summed E-state index contributed by atoms with van der Waals surface area (Å²) in [5.41, 5.74) is 0.755. The summed E-state index contributed by atoms with van der Waals surface area (Å²) >= 11 is 6.16. The van der Waals surface area contributed by atoms with E-state index >= 15 is 0 Å². The van der Waals surface area contributed by atoms with Gasteiger partial charge >= 0.3 is 5.97 Å². The van der Waals surface area contributed by atoms with E-state index < -0.39 is 12.1 Å². The summed E-state index contributed by atoms with van der Waals surface area (Å²) in [5.74, 6) is 0.0144. The van der Waals surface area contributed by atoms with Crippen molar-refractivity contribution in [3.8, 4) is 5.75 Å². The first-order valence-electron chi connectivity index (χ1n) is 6.03. The topological polar surface area (TPSA) is 62.7 Å². The predicted molar refractivity (Wildman–Crippen MR) is 74.7 cm³/mol. The first-order chi connectivity index (χ1) is 9.66. The lowest BCUT2D eigenvalue weighted by molar-refractivity contribution is -0.144. The van der Waals surface area contributed by atoms with E-state index in [1.165, 1.54) is 0 Å². The molecule has 0 radical (unpaired) electrons. The molecule has 6 heteroatoms. The van der Waals surface area contributed by atoms with E-state index in [0.717, 1.165) is 5.69 Å². The third-order valence-corrected chi connectivity index (χ3v) is 3.34. The van der Waals surface area contributed by atoms with Crippen molar-refractivity contribution in [3.05, 3.63) is 47.6 Å². The Balaban J connectivity index is 2.10. The predicted octanol–water partition coefficient (Wildman–Crippen LogP) is 2.72. The molecule has 5 nitrogen and oxygen atoms in total. The maximum absolute atomic E-state index is 11.2. The van der Waals surface area contributed by atoms with E-state index in [9.17, 15) is 9.90 Å². The minimum atomic E-state index is -1.02. The molecule has 1 atom stereocenters. The number of anilines is 2. The van der Waals surface area contributed by atoms with Gasteiger partial charge in [-0.2, -0.15) is 0 Å². The molecule has 1 N–H and O–H groups in total. The van der Waals surface area contributed by atoms with Crippen molar-refractivity contribution in [1.82, 2.24) is 4.98 Å². The molecule has 20 heavy (non-hydrogen) atoms. The molecule has 2 aromatic rings. The lowest BCUT2D eigenvalue weighted by atomic mass is 10.2. The second-order valence-electron chi connectivity index (χ2n) is 4.33. The van der Waals surface area contributed by atoms with Crippen LogP contribution in [0.25, 0.3) is 0 Å². The first kappa shape index (κ1) is 12.7. The van der Waals surface area contributed by atoms with Crippen molar-refractivity contribution in [1.29, 1.82) is 0 Å². The number of aliphatic carboxylic acids is 1. The highest BCUT2D eigenvalue weighted by molar-refractivity contribution is 6.33. The number of benzene rings is 1. The van der Waals surface area contributed by atoms with E-state index in [2.05, 4.69) is 4.98 Å². The number of pyridine rings is 1. The summed E-state index contributed by atoms with van der Waals surface area (Å²) in [6.07, 6.45) is 0.665. The van der Waals surface area contributed by atoms with Gasteiger partial charge in [0, 0.05) is 6.20 Å². The fourth-order valence-electron chi connectivity index (χ4n) is 2.14. The van der Waals surface area contributed by atoms with Gasteiger partial charge in [-0.1, -0.05) is 23.7 Å². The molecule has 2 heterocycles. The molecule has 0 saturated carbocycles. The van der Waals surface area contributed by atoms with Crippen molar-refractivity contribution < 1.29 is 14.6 Å². The first-order valence-corrected chi connectivity index (χ1v) is 6.41. The van der Waals surface area contributed by atoms with Crippen LogP contribution in [0.1, 0.15) is 0 Å². The third-order valence-electron chi connectivity index (χ3n) is 3.04. The summed E-state index contributed by atoms with van der Waals surface area (Å²) in [7, 11) is 0. The van der Waals surface area contributed by atoms with Gasteiger partial charge in [0.2, 0.25) is 6.10 Å². The van der Waals surface area contributed by atoms with Crippen LogP contribution in [0.2, 0.25) is 5.02 Å². The smallest absolute Gasteiger partial charge is 0.346 e. The van der Waals surface area contributed by atoms with Crippen LogP contribution in [0.3, 0.4) is 0 Å². The van der Waals surface area contributed by atoms with Crippen LogP contribution >= 0.6 is 11.6 Å². The zero-order chi connectivity index (χ0) is 14.1. The molecule has 0 saturated heterocycles. The van der Waals surface area contributed by atoms with Crippen LogP contribution in [0.4, 0.5) is 11.5 Å². The molecule has 102 valence electrons. The van der Waals surface area contributed by atoms with Gasteiger partial charge in [-0.15, -0.1) is 0 Å². The highest BCUT2D eigenvalue weighted by atomic mass is 35.5. The van der Waals surface area contributed by atoms with E-state index in [-0.39, 0.29) is 6.54 Å². The van der Waals surface area contributed by atoms with Crippen molar-refractivity contribution in [2.45, 2.75) is 6.10 Å². The lowest BCUT2D eigenvalue weighted by Crippen LogP contribution is -2.42. The van der Waals surface area contributed by atoms with Crippen LogP contribution in [-0.2, 0) is 4.79 Å². The number of aromatic nitrogens is 1. The van der Waals surface area contributed by atoms with Gasteiger partial charge in [0.15, 0.2) is 5.82 Å². The summed E-state index contributed by atoms with van der Waals surface area (Å²) < 4.78 is 5.47. The maximum atomic E-state index is 11.2. The number of para-hydroxylation sites is 2. The fraction of sp³-hybridized carbons (Fsp3) is 0.143. The average molecular weight is 291 g/mol. The number of hydrogen-bond donors (Lipinski definition) is 1. The summed E-state index contributed by atoms with van der Waals surface area (Å²) in [5, 5.41) is 9.66. The van der Waals surface area contributed by atoms with Crippen molar-refractivity contribution >= 4 is 29.1 Å². The van der Waals surface area contributed by atoms with E-state index in [1.54, 1.807) is 35.4 Å². The summed E-state index contributed by atoms with van der Waals surface area (Å²) in [6, 6.07) is 10.7. The molecule has 0 bridgehead atoms. The lowest BCUT2D eigenvalue weighted by Gasteiger charge is -2.34. The van der Waals surface area contributed by atoms with Crippen LogP contribution in [0, 0.1) is 0 Å². The van der Waals surface area contributed by atoms with Crippen LogP contribution < -0.4 is 9.64 Å². The number of ether oxygens (including phenoxy) is 1. The Labute approximate surface area is 120 Å². The summed E-state index contributed by atoms with van der Waals surface area (Å²) in [4.78, 5) is 17.2. The Morgan fingerprint density at radius 1 is 1.35 bits per heavy atom. The van der Waals surface area contributed by atoms with Crippen LogP contribution in [-0.4, -0.2) is 28.7 Å². The number of halogens is 1. The number of rotatable bonds is 2. The van der Waals surface area contributed by atoms with Gasteiger partial charge in [-0.05, 0) is 24.3 Å². The molecule has 0 fully saturated rings. The molecule has 1 aliphatic rings. The van der Waals surface area contributed by atoms with Gasteiger partial charge in [0.25, 0.3) is 0 Å². The normalized spacial score (nSPS) is 17.2. The Bertz CT molecular complexity index is 662. The molecular weight excluding hydrogens is 280 g/mol. The highest BCUT2D eigenvalue weighted by Gasteiger charge is 2.32. The van der Waals surface area contributed by atoms with Gasteiger partial charge < -0.3 is 14.7 Å². The van der Waals surface area contributed by atoms with E-state index in [1.807, 2.05) is 12.1 Å². The standard InChI is InChI=1S/C14H11ClN2O3/c15-9-4-3-7-16-13(9)17-8-12(14(18)19)20-11-6-2-1-5-10(11)17/h1-7,12H,8H2,(H,18,19). The van der Waals surface area contributed by atoms with E-state index in [4.69, 9.17) is 16.3 Å². The largest absolute Gasteiger partial charge is 0.478 e. The molecule has 3 rings (SSSR count). The number of carbonyl (C=O) groups is 1. The monoisotopic (exact) mass is 290 g/mol. The van der Waals surface area contributed by atoms with Gasteiger partial charge in [0.05, 0.1) is 17.3 Å². The Morgan fingerprint density at radius 3 is 2.90 bits per heavy atom. The Hall–Kier alpha value is -2.27. The van der Waals surface area contributed by atoms with Gasteiger partial charge in [-0.3, -0.25) is 0 Å². The zero-order valence-corrected chi connectivity index (χ0v) is 11.1. The molecule has 1 aromatic heterocycles. The molecule has 0 spiro atoms. The van der Waals surface area contributed by atoms with Gasteiger partial charge in [-0.25, -0.2) is 9.78 Å². The number of carboxylic acid groups (broad SMARTS) is 1. The Morgan fingerprint density at radius 2 is 2.15 bits per heavy atom. The number of nitrogens with zero attached hydrogens (tertiary/aromatic N) is 2. The Kier molecular flexibility index (Phi) is 3.20. The van der Waals surface area contributed by atoms with Crippen molar-refractivity contribution in [3.63, 3.8) is 0 Å². The quantitative estimate of drug-likeness (QED) is 0.921. The molecule has 1 unspecified atom stereocenters. The third kappa shape index (κ3) is 2.16. The zero-order valence-electron chi connectivity index (χ0n) is 10.4. The molecule has 0 aliphatic carbocycles. The molecule has 1 aromatic carbocycles. The molecule has 0 amide bonds. The minimum absolute atomic E-state index is 0.156. The second-order valence-corrected chi connectivity index (χ2v) is 4.74. The van der Waals surface area contributed by atoms with Crippen LogP contribution in [0.5, 0.6) is 5.75 Å². The highest BCUT2D eigenvalue weighted by Crippen LogP contribution is 2.39. The number of hydrogen-bond acceptors (Lipinski definition) is 4. The SMILES string of the molecule is O=C(O)C1CN(c2ncccc2Cl)c2ccccc2O1. The molecule has 1 aliphatic heterocycles. The van der Waals surface area contributed by atoms with Crippen molar-refractivity contribution in [2.24, 2.45) is 0 Å². The van der Waals surface area contributed by atoms with Gasteiger partial charge in [0.1, 0.15) is 5.75 Å². The van der Waals surface area contributed by atoms with Crippen LogP contribution in [0.15, 0.2) is 42.6 Å². The average Bonchev–Trinajstić information content (AvgIpc) is 2.46. The minimum Gasteiger partial charge on any atom is -0.478 e. The maximum Gasteiger partial charge on any atom is 0.346 e.